The van der Waals surface area contributed by atoms with Gasteiger partial charge >= 0.3 is 0 Å². The number of aryl methyl sites for hydroxylation is 1. The van der Waals surface area contributed by atoms with Gasteiger partial charge in [0.2, 0.25) is 5.13 Å². The van der Waals surface area contributed by atoms with Gasteiger partial charge in [-0.05, 0) is 60.6 Å². The van der Waals surface area contributed by atoms with E-state index in [1.54, 1.807) is 7.11 Å². The highest BCUT2D eigenvalue weighted by atomic mass is 32.1. The summed E-state index contributed by atoms with van der Waals surface area (Å²) in [4.78, 5) is 1.31. The Bertz CT molecular complexity index is 916. The molecule has 0 aliphatic rings. The van der Waals surface area contributed by atoms with Gasteiger partial charge in [0.15, 0.2) is 10.6 Å². The Labute approximate surface area is 169 Å². The standard InChI is InChI=1S/C20H24N4OS2/c1-4-15-5-9-17(10-6-15)21-19-22-24(20(26)27-19)14-23(2)13-16-7-11-18(25-3)12-8-16/h5-12H,4,13-14H2,1-3H3,(H,21,22)/p+1. The summed E-state index contributed by atoms with van der Waals surface area (Å²) in [5.74, 6) is 0.876. The molecule has 0 amide bonds. The zero-order valence-electron chi connectivity index (χ0n) is 15.9. The normalized spacial score (nSPS) is 12.0. The van der Waals surface area contributed by atoms with E-state index in [4.69, 9.17) is 17.0 Å². The van der Waals surface area contributed by atoms with E-state index in [2.05, 4.69) is 60.8 Å². The predicted octanol–water partition coefficient (Wildman–Crippen LogP) is 3.66. The van der Waals surface area contributed by atoms with Crippen LogP contribution in [0.1, 0.15) is 18.1 Å². The number of hydrogen-bond acceptors (Lipinski definition) is 5. The Hall–Kier alpha value is -2.22. The van der Waals surface area contributed by atoms with E-state index >= 15 is 0 Å². The third-order valence-corrected chi connectivity index (χ3v) is 5.53. The minimum Gasteiger partial charge on any atom is -0.497 e. The minimum absolute atomic E-state index is 0.720. The van der Waals surface area contributed by atoms with Gasteiger partial charge in [0.1, 0.15) is 12.3 Å². The molecule has 1 atom stereocenters. The van der Waals surface area contributed by atoms with Crippen molar-refractivity contribution in [2.24, 2.45) is 0 Å². The van der Waals surface area contributed by atoms with Gasteiger partial charge in [-0.15, -0.1) is 5.10 Å². The van der Waals surface area contributed by atoms with Crippen LogP contribution in [-0.2, 0) is 19.6 Å². The first-order valence-corrected chi connectivity index (χ1v) is 10.2. The van der Waals surface area contributed by atoms with Crippen LogP contribution in [0.3, 0.4) is 0 Å². The summed E-state index contributed by atoms with van der Waals surface area (Å²) in [6.45, 7) is 3.77. The number of hydrogen-bond donors (Lipinski definition) is 2. The molecular weight excluding hydrogens is 376 g/mol. The Kier molecular flexibility index (Phi) is 6.60. The van der Waals surface area contributed by atoms with Crippen LogP contribution in [-0.4, -0.2) is 23.9 Å². The summed E-state index contributed by atoms with van der Waals surface area (Å²) in [5, 5.41) is 8.81. The van der Waals surface area contributed by atoms with Crippen molar-refractivity contribution in [1.29, 1.82) is 0 Å². The van der Waals surface area contributed by atoms with Crippen LogP contribution >= 0.6 is 23.6 Å². The van der Waals surface area contributed by atoms with Crippen molar-refractivity contribution in [1.82, 2.24) is 9.78 Å². The number of benzene rings is 2. The molecule has 0 aliphatic carbocycles. The predicted molar refractivity (Wildman–Crippen MR) is 114 cm³/mol. The van der Waals surface area contributed by atoms with Crippen LogP contribution in [0.4, 0.5) is 10.8 Å². The second kappa shape index (κ2) is 9.12. The van der Waals surface area contributed by atoms with Gasteiger partial charge in [-0.25, -0.2) is 0 Å². The quantitative estimate of drug-likeness (QED) is 0.566. The number of nitrogens with zero attached hydrogens (tertiary/aromatic N) is 2. The van der Waals surface area contributed by atoms with Gasteiger partial charge in [-0.2, -0.15) is 4.68 Å². The zero-order chi connectivity index (χ0) is 19.2. The van der Waals surface area contributed by atoms with Gasteiger partial charge in [0.05, 0.1) is 14.2 Å². The topological polar surface area (TPSA) is 43.5 Å². The molecule has 1 heterocycles. The second-order valence-electron chi connectivity index (χ2n) is 6.49. The molecule has 0 saturated carbocycles. The number of methoxy groups -OCH3 is 1. The lowest BCUT2D eigenvalue weighted by molar-refractivity contribution is -0.917. The first-order chi connectivity index (χ1) is 13.1. The van der Waals surface area contributed by atoms with Crippen LogP contribution < -0.4 is 15.0 Å². The molecule has 0 saturated heterocycles. The van der Waals surface area contributed by atoms with E-state index < -0.39 is 0 Å². The van der Waals surface area contributed by atoms with E-state index in [0.29, 0.717) is 0 Å². The number of rotatable bonds is 8. The molecule has 0 spiro atoms. The Morgan fingerprint density at radius 2 is 1.78 bits per heavy atom. The van der Waals surface area contributed by atoms with Crippen molar-refractivity contribution in [3.8, 4) is 5.75 Å². The third-order valence-electron chi connectivity index (χ3n) is 4.30. The number of aromatic nitrogens is 2. The average molecular weight is 402 g/mol. The highest BCUT2D eigenvalue weighted by molar-refractivity contribution is 7.73. The summed E-state index contributed by atoms with van der Waals surface area (Å²) < 4.78 is 7.87. The molecule has 2 N–H and O–H groups in total. The molecule has 142 valence electrons. The first kappa shape index (κ1) is 19.5. The zero-order valence-corrected chi connectivity index (χ0v) is 17.5. The molecule has 3 rings (SSSR count). The molecular formula is C20H25N4OS2+. The van der Waals surface area contributed by atoms with Crippen LogP contribution in [0.25, 0.3) is 0 Å². The van der Waals surface area contributed by atoms with E-state index in [9.17, 15) is 0 Å². The average Bonchev–Trinajstić information content (AvgIpc) is 3.01. The smallest absolute Gasteiger partial charge is 0.209 e. The maximum absolute atomic E-state index is 5.49. The molecule has 7 heteroatoms. The summed E-state index contributed by atoms with van der Waals surface area (Å²) in [6, 6.07) is 16.6. The maximum atomic E-state index is 5.49. The SMILES string of the molecule is CCc1ccc(Nc2nn(C[NH+](C)Cc3ccc(OC)cc3)c(=S)s2)cc1. The van der Waals surface area contributed by atoms with Crippen LogP contribution in [0, 0.1) is 3.95 Å². The lowest BCUT2D eigenvalue weighted by Gasteiger charge is -2.14. The Morgan fingerprint density at radius 3 is 2.41 bits per heavy atom. The molecule has 2 aromatic carbocycles. The van der Waals surface area contributed by atoms with Crippen LogP contribution in [0.2, 0.25) is 0 Å². The van der Waals surface area contributed by atoms with Gasteiger partial charge < -0.3 is 15.0 Å². The molecule has 3 aromatic rings. The number of quaternary nitrogens is 1. The molecule has 0 fully saturated rings. The van der Waals surface area contributed by atoms with Gasteiger partial charge in [0, 0.05) is 11.3 Å². The summed E-state index contributed by atoms with van der Waals surface area (Å²) in [5.41, 5.74) is 3.61. The monoisotopic (exact) mass is 401 g/mol. The number of nitrogens with one attached hydrogen (secondary N) is 2. The number of anilines is 2. The van der Waals surface area contributed by atoms with E-state index in [1.807, 2.05) is 16.8 Å². The van der Waals surface area contributed by atoms with E-state index in [-0.39, 0.29) is 0 Å². The van der Waals surface area contributed by atoms with Gasteiger partial charge in [0.25, 0.3) is 0 Å². The van der Waals surface area contributed by atoms with Gasteiger partial charge in [-0.3, -0.25) is 0 Å². The van der Waals surface area contributed by atoms with E-state index in [1.165, 1.54) is 27.4 Å². The summed E-state index contributed by atoms with van der Waals surface area (Å²) >= 11 is 6.99. The largest absolute Gasteiger partial charge is 0.497 e. The van der Waals surface area contributed by atoms with Gasteiger partial charge in [-0.1, -0.05) is 30.4 Å². The lowest BCUT2D eigenvalue weighted by atomic mass is 10.1. The highest BCUT2D eigenvalue weighted by Crippen LogP contribution is 2.20. The summed E-state index contributed by atoms with van der Waals surface area (Å²) in [7, 11) is 3.82. The van der Waals surface area contributed by atoms with Crippen LogP contribution in [0.5, 0.6) is 5.75 Å². The van der Waals surface area contributed by atoms with Crippen molar-refractivity contribution in [3.05, 3.63) is 63.6 Å². The molecule has 1 aromatic heterocycles. The highest BCUT2D eigenvalue weighted by Gasteiger charge is 2.10. The second-order valence-corrected chi connectivity index (χ2v) is 8.11. The minimum atomic E-state index is 0.720. The lowest BCUT2D eigenvalue weighted by Crippen LogP contribution is -3.07. The summed E-state index contributed by atoms with van der Waals surface area (Å²) in [6.07, 6.45) is 1.04. The molecule has 0 aliphatic heterocycles. The van der Waals surface area contributed by atoms with Crippen molar-refractivity contribution < 1.29 is 9.64 Å². The first-order valence-electron chi connectivity index (χ1n) is 8.95. The van der Waals surface area contributed by atoms with Crippen molar-refractivity contribution in [2.75, 3.05) is 19.5 Å². The van der Waals surface area contributed by atoms with Crippen LogP contribution in [0.15, 0.2) is 48.5 Å². The van der Waals surface area contributed by atoms with Crippen molar-refractivity contribution in [3.63, 3.8) is 0 Å². The molecule has 5 nitrogen and oxygen atoms in total. The Morgan fingerprint density at radius 1 is 1.11 bits per heavy atom. The fourth-order valence-corrected chi connectivity index (χ4v) is 3.83. The van der Waals surface area contributed by atoms with E-state index in [0.717, 1.165) is 40.2 Å². The third kappa shape index (κ3) is 5.38. The van der Waals surface area contributed by atoms with Crippen molar-refractivity contribution >= 4 is 34.4 Å². The Balaban J connectivity index is 1.62. The molecule has 0 radical (unpaired) electrons. The molecule has 1 unspecified atom stereocenters. The maximum Gasteiger partial charge on any atom is 0.209 e. The molecule has 27 heavy (non-hydrogen) atoms. The molecule has 0 bridgehead atoms. The van der Waals surface area contributed by atoms with Crippen molar-refractivity contribution in [2.45, 2.75) is 26.6 Å². The fraction of sp³-hybridized carbons (Fsp3) is 0.300. The fourth-order valence-electron chi connectivity index (χ4n) is 2.81. The number of ether oxygens (including phenoxy) is 1.